The first-order valence-electron chi connectivity index (χ1n) is 6.75. The molecule has 0 amide bonds. The summed E-state index contributed by atoms with van der Waals surface area (Å²) in [5.41, 5.74) is 1.43. The van der Waals surface area contributed by atoms with Crippen molar-refractivity contribution >= 4 is 23.1 Å². The van der Waals surface area contributed by atoms with Crippen LogP contribution in [0.1, 0.15) is 33.2 Å². The van der Waals surface area contributed by atoms with Crippen LogP contribution in [0.5, 0.6) is 5.75 Å². The van der Waals surface area contributed by atoms with Crippen molar-refractivity contribution in [1.82, 2.24) is 0 Å². The van der Waals surface area contributed by atoms with Gasteiger partial charge < -0.3 is 4.74 Å². The SMILES string of the molecule is CC(=O)Oc1cccc2c1C(=O)C=C(c1ccccc1)C2=O. The monoisotopic (exact) mass is 292 g/mol. The molecule has 0 aliphatic heterocycles. The molecule has 4 nitrogen and oxygen atoms in total. The second kappa shape index (κ2) is 5.41. The molecule has 0 radical (unpaired) electrons. The molecule has 22 heavy (non-hydrogen) atoms. The molecule has 0 N–H and O–H groups in total. The third kappa shape index (κ3) is 2.35. The van der Waals surface area contributed by atoms with Crippen molar-refractivity contribution in [2.75, 3.05) is 0 Å². The smallest absolute Gasteiger partial charge is 0.308 e. The molecule has 0 aromatic heterocycles. The van der Waals surface area contributed by atoms with Gasteiger partial charge in [0.2, 0.25) is 0 Å². The van der Waals surface area contributed by atoms with E-state index in [9.17, 15) is 14.4 Å². The van der Waals surface area contributed by atoms with E-state index in [1.54, 1.807) is 36.4 Å². The van der Waals surface area contributed by atoms with Crippen LogP contribution >= 0.6 is 0 Å². The first-order chi connectivity index (χ1) is 10.6. The third-order valence-electron chi connectivity index (χ3n) is 3.38. The molecule has 2 aromatic rings. The number of allylic oxidation sites excluding steroid dienone is 2. The van der Waals surface area contributed by atoms with Crippen molar-refractivity contribution in [1.29, 1.82) is 0 Å². The van der Waals surface area contributed by atoms with E-state index in [0.717, 1.165) is 0 Å². The normalized spacial score (nSPS) is 13.4. The van der Waals surface area contributed by atoms with Crippen molar-refractivity contribution in [3.8, 4) is 5.75 Å². The van der Waals surface area contributed by atoms with E-state index in [1.807, 2.05) is 6.07 Å². The van der Waals surface area contributed by atoms with Gasteiger partial charge in [0.1, 0.15) is 5.75 Å². The molecule has 2 aromatic carbocycles. The summed E-state index contributed by atoms with van der Waals surface area (Å²) in [7, 11) is 0. The highest BCUT2D eigenvalue weighted by atomic mass is 16.5. The number of esters is 1. The van der Waals surface area contributed by atoms with Gasteiger partial charge in [-0.2, -0.15) is 0 Å². The van der Waals surface area contributed by atoms with Crippen LogP contribution in [0.15, 0.2) is 54.6 Å². The molecule has 0 heterocycles. The van der Waals surface area contributed by atoms with Gasteiger partial charge in [0.25, 0.3) is 0 Å². The van der Waals surface area contributed by atoms with Gasteiger partial charge in [-0.25, -0.2) is 0 Å². The molecule has 108 valence electrons. The van der Waals surface area contributed by atoms with Crippen LogP contribution in [0.25, 0.3) is 5.57 Å². The Hall–Kier alpha value is -3.01. The first-order valence-corrected chi connectivity index (χ1v) is 6.75. The lowest BCUT2D eigenvalue weighted by Crippen LogP contribution is -2.18. The summed E-state index contributed by atoms with van der Waals surface area (Å²) in [5, 5.41) is 0. The molecule has 0 spiro atoms. The number of rotatable bonds is 2. The van der Waals surface area contributed by atoms with Crippen molar-refractivity contribution in [3.05, 3.63) is 71.3 Å². The zero-order valence-corrected chi connectivity index (χ0v) is 11.8. The van der Waals surface area contributed by atoms with Gasteiger partial charge in [0.15, 0.2) is 11.6 Å². The fourth-order valence-corrected chi connectivity index (χ4v) is 2.46. The Labute approximate surface area is 127 Å². The first kappa shape index (κ1) is 13.9. The average molecular weight is 292 g/mol. The van der Waals surface area contributed by atoms with Crippen LogP contribution < -0.4 is 4.74 Å². The summed E-state index contributed by atoms with van der Waals surface area (Å²) in [4.78, 5) is 36.2. The minimum atomic E-state index is -0.536. The van der Waals surface area contributed by atoms with Crippen LogP contribution in [0, 0.1) is 0 Å². The van der Waals surface area contributed by atoms with Crippen LogP contribution in [-0.2, 0) is 4.79 Å². The van der Waals surface area contributed by atoms with Crippen LogP contribution in [-0.4, -0.2) is 17.5 Å². The number of carbonyl (C=O) groups is 3. The van der Waals surface area contributed by atoms with Gasteiger partial charge in [0, 0.05) is 18.1 Å². The number of hydrogen-bond acceptors (Lipinski definition) is 4. The van der Waals surface area contributed by atoms with E-state index >= 15 is 0 Å². The van der Waals surface area contributed by atoms with Gasteiger partial charge in [-0.15, -0.1) is 0 Å². The fraction of sp³-hybridized carbons (Fsp3) is 0.0556. The number of ether oxygens (including phenoxy) is 1. The van der Waals surface area contributed by atoms with Crippen LogP contribution in [0.3, 0.4) is 0 Å². The molecule has 0 bridgehead atoms. The lowest BCUT2D eigenvalue weighted by Gasteiger charge is -2.17. The van der Waals surface area contributed by atoms with Gasteiger partial charge in [-0.3, -0.25) is 14.4 Å². The second-order valence-electron chi connectivity index (χ2n) is 4.89. The molecule has 3 rings (SSSR count). The predicted octanol–water partition coefficient (Wildman–Crippen LogP) is 3.07. The number of fused-ring (bicyclic) bond motifs is 1. The Morgan fingerprint density at radius 1 is 0.955 bits per heavy atom. The van der Waals surface area contributed by atoms with E-state index in [0.29, 0.717) is 11.1 Å². The maximum atomic E-state index is 12.6. The molecule has 1 aliphatic rings. The second-order valence-corrected chi connectivity index (χ2v) is 4.89. The number of Topliss-reactive ketones (excluding diaryl/α,β-unsaturated/α-hetero) is 1. The van der Waals surface area contributed by atoms with Crippen molar-refractivity contribution in [3.63, 3.8) is 0 Å². The summed E-state index contributed by atoms with van der Waals surface area (Å²) in [5.74, 6) is -1.02. The Morgan fingerprint density at radius 2 is 1.68 bits per heavy atom. The van der Waals surface area contributed by atoms with E-state index in [-0.39, 0.29) is 28.4 Å². The number of ketones is 2. The number of hydrogen-bond donors (Lipinski definition) is 0. The summed E-state index contributed by atoms with van der Waals surface area (Å²) < 4.78 is 5.03. The van der Waals surface area contributed by atoms with Gasteiger partial charge in [0.05, 0.1) is 5.56 Å². The maximum absolute atomic E-state index is 12.6. The highest BCUT2D eigenvalue weighted by Crippen LogP contribution is 2.32. The summed E-state index contributed by atoms with van der Waals surface area (Å²) in [6.45, 7) is 1.25. The Bertz CT molecular complexity index is 816. The van der Waals surface area contributed by atoms with Crippen molar-refractivity contribution in [2.45, 2.75) is 6.92 Å². The van der Waals surface area contributed by atoms with E-state index < -0.39 is 5.97 Å². The summed E-state index contributed by atoms with van der Waals surface area (Å²) in [6.07, 6.45) is 1.30. The lowest BCUT2D eigenvalue weighted by molar-refractivity contribution is -0.131. The molecule has 0 atom stereocenters. The number of benzene rings is 2. The minimum absolute atomic E-state index is 0.117. The molecule has 1 aliphatic carbocycles. The van der Waals surface area contributed by atoms with Crippen LogP contribution in [0.2, 0.25) is 0 Å². The van der Waals surface area contributed by atoms with Gasteiger partial charge in [-0.05, 0) is 17.7 Å². The molecular formula is C18H12O4. The van der Waals surface area contributed by atoms with E-state index in [4.69, 9.17) is 4.74 Å². The Kier molecular flexibility index (Phi) is 3.43. The largest absolute Gasteiger partial charge is 0.426 e. The molecule has 0 saturated heterocycles. The standard InChI is InChI=1S/C18H12O4/c1-11(19)22-16-9-5-8-13-17(16)15(20)10-14(18(13)21)12-6-3-2-4-7-12/h2-10H,1H3. The zero-order chi connectivity index (χ0) is 15.7. The molecular weight excluding hydrogens is 280 g/mol. The zero-order valence-electron chi connectivity index (χ0n) is 11.8. The lowest BCUT2D eigenvalue weighted by atomic mass is 9.86. The van der Waals surface area contributed by atoms with E-state index in [2.05, 4.69) is 0 Å². The van der Waals surface area contributed by atoms with Crippen molar-refractivity contribution in [2.24, 2.45) is 0 Å². The van der Waals surface area contributed by atoms with Gasteiger partial charge >= 0.3 is 5.97 Å². The third-order valence-corrected chi connectivity index (χ3v) is 3.38. The topological polar surface area (TPSA) is 60.4 Å². The predicted molar refractivity (Wildman–Crippen MR) is 80.8 cm³/mol. The highest BCUT2D eigenvalue weighted by Gasteiger charge is 2.29. The summed E-state index contributed by atoms with van der Waals surface area (Å²) >= 11 is 0. The molecule has 0 saturated carbocycles. The number of carbonyl (C=O) groups excluding carboxylic acids is 3. The minimum Gasteiger partial charge on any atom is -0.426 e. The molecule has 4 heteroatoms. The maximum Gasteiger partial charge on any atom is 0.308 e. The van der Waals surface area contributed by atoms with Gasteiger partial charge in [-0.1, -0.05) is 42.5 Å². The van der Waals surface area contributed by atoms with Crippen LogP contribution in [0.4, 0.5) is 0 Å². The molecule has 0 fully saturated rings. The fourth-order valence-electron chi connectivity index (χ4n) is 2.46. The van der Waals surface area contributed by atoms with E-state index in [1.165, 1.54) is 19.1 Å². The molecule has 0 unspecified atom stereocenters. The van der Waals surface area contributed by atoms with Crippen molar-refractivity contribution < 1.29 is 19.1 Å². The summed E-state index contributed by atoms with van der Waals surface area (Å²) in [6, 6.07) is 13.7. The Balaban J connectivity index is 2.13. The highest BCUT2D eigenvalue weighted by molar-refractivity contribution is 6.39. The quantitative estimate of drug-likeness (QED) is 0.630. The Morgan fingerprint density at radius 3 is 2.36 bits per heavy atom. The average Bonchev–Trinajstić information content (AvgIpc) is 2.51.